The number of rotatable bonds is 5. The van der Waals surface area contributed by atoms with E-state index in [0.29, 0.717) is 0 Å². The first-order chi connectivity index (χ1) is 5.57. The van der Waals surface area contributed by atoms with Gasteiger partial charge in [0.15, 0.2) is 0 Å². The van der Waals surface area contributed by atoms with Gasteiger partial charge >= 0.3 is 11.9 Å². The maximum atomic E-state index is 10.7. The fourth-order valence-corrected chi connectivity index (χ4v) is 0.478. The second-order valence-corrected chi connectivity index (χ2v) is 2.12. The van der Waals surface area contributed by atoms with Gasteiger partial charge in [0, 0.05) is 0 Å². The molecule has 5 nitrogen and oxygen atoms in total. The van der Waals surface area contributed by atoms with Crippen molar-refractivity contribution in [2.45, 2.75) is 12.5 Å². The van der Waals surface area contributed by atoms with Gasteiger partial charge in [-0.2, -0.15) is 0 Å². The highest BCUT2D eigenvalue weighted by molar-refractivity contribution is 5.85. The van der Waals surface area contributed by atoms with Crippen molar-refractivity contribution in [3.05, 3.63) is 12.7 Å². The third kappa shape index (κ3) is 7.30. The summed E-state index contributed by atoms with van der Waals surface area (Å²) in [7, 11) is 0. The summed E-state index contributed by atoms with van der Waals surface area (Å²) in [4.78, 5) is 20.9. The van der Waals surface area contributed by atoms with Gasteiger partial charge in [-0.3, -0.25) is 9.59 Å². The Labute approximate surface area is 82.0 Å². The van der Waals surface area contributed by atoms with Crippen LogP contribution in [0.15, 0.2) is 12.7 Å². The van der Waals surface area contributed by atoms with Crippen molar-refractivity contribution in [3.8, 4) is 0 Å². The number of carboxylic acids is 1. The first kappa shape index (κ1) is 14.5. The summed E-state index contributed by atoms with van der Waals surface area (Å²) >= 11 is 0. The lowest BCUT2D eigenvalue weighted by Crippen LogP contribution is -2.33. The van der Waals surface area contributed by atoms with Gasteiger partial charge in [-0.25, -0.2) is 0 Å². The first-order valence-corrected chi connectivity index (χ1v) is 3.32. The number of halogens is 1. The largest absolute Gasteiger partial charge is 0.480 e. The summed E-state index contributed by atoms with van der Waals surface area (Å²) in [5.41, 5.74) is 5.06. The van der Waals surface area contributed by atoms with Crippen LogP contribution in [0.3, 0.4) is 0 Å². The van der Waals surface area contributed by atoms with Gasteiger partial charge in [-0.05, 0) is 0 Å². The number of carbonyl (C=O) groups is 2. The van der Waals surface area contributed by atoms with Crippen molar-refractivity contribution in [3.63, 3.8) is 0 Å². The van der Waals surface area contributed by atoms with Crippen LogP contribution in [0.1, 0.15) is 6.42 Å². The molecule has 0 aliphatic heterocycles. The standard InChI is InChI=1S/C7H11NO4.ClH/c1-2-3-12-6(9)4-5(8)7(10)11;/h2,5H,1,3-4,8H2,(H,10,11);1H/t5-;/m0./s1. The van der Waals surface area contributed by atoms with Gasteiger partial charge in [-0.1, -0.05) is 12.7 Å². The van der Waals surface area contributed by atoms with Crippen LogP contribution in [0.25, 0.3) is 0 Å². The summed E-state index contributed by atoms with van der Waals surface area (Å²) in [5.74, 6) is -1.85. The van der Waals surface area contributed by atoms with E-state index in [-0.39, 0.29) is 25.4 Å². The molecule has 0 rings (SSSR count). The molecule has 13 heavy (non-hydrogen) atoms. The molecule has 0 saturated carbocycles. The Kier molecular flexibility index (Phi) is 8.42. The number of ether oxygens (including phenoxy) is 1. The van der Waals surface area contributed by atoms with Crippen molar-refractivity contribution in [2.75, 3.05) is 6.61 Å². The third-order valence-electron chi connectivity index (χ3n) is 1.07. The minimum absolute atomic E-state index is 0. The Hall–Kier alpha value is -1.07. The van der Waals surface area contributed by atoms with Crippen molar-refractivity contribution in [2.24, 2.45) is 5.73 Å². The zero-order valence-electron chi connectivity index (χ0n) is 6.93. The first-order valence-electron chi connectivity index (χ1n) is 3.32. The van der Waals surface area contributed by atoms with E-state index in [1.165, 1.54) is 6.08 Å². The SMILES string of the molecule is C=CCOC(=O)C[C@H](N)C(=O)O.Cl. The highest BCUT2D eigenvalue weighted by atomic mass is 35.5. The average Bonchev–Trinajstić information content (AvgIpc) is 2.00. The van der Waals surface area contributed by atoms with Gasteiger partial charge in [0.1, 0.15) is 12.6 Å². The van der Waals surface area contributed by atoms with Crippen molar-refractivity contribution in [1.29, 1.82) is 0 Å². The molecule has 0 aromatic rings. The van der Waals surface area contributed by atoms with Gasteiger partial charge in [-0.15, -0.1) is 12.4 Å². The Bertz CT molecular complexity index is 195. The molecular weight excluding hydrogens is 198 g/mol. The fourth-order valence-electron chi connectivity index (χ4n) is 0.478. The minimum Gasteiger partial charge on any atom is -0.480 e. The molecule has 0 aromatic heterocycles. The quantitative estimate of drug-likeness (QED) is 0.489. The van der Waals surface area contributed by atoms with E-state index in [9.17, 15) is 9.59 Å². The predicted octanol–water partition coefficient (Wildman–Crippen LogP) is -0.0606. The topological polar surface area (TPSA) is 89.6 Å². The molecule has 0 spiro atoms. The summed E-state index contributed by atoms with van der Waals surface area (Å²) < 4.78 is 4.51. The molecule has 0 heterocycles. The molecule has 0 amide bonds. The zero-order valence-corrected chi connectivity index (χ0v) is 7.75. The van der Waals surface area contributed by atoms with Crippen molar-refractivity contribution in [1.82, 2.24) is 0 Å². The lowest BCUT2D eigenvalue weighted by Gasteiger charge is -2.04. The molecule has 0 aliphatic rings. The second-order valence-electron chi connectivity index (χ2n) is 2.12. The van der Waals surface area contributed by atoms with Crippen LogP contribution in [0.4, 0.5) is 0 Å². The lowest BCUT2D eigenvalue weighted by atomic mass is 10.2. The number of hydrogen-bond donors (Lipinski definition) is 2. The number of esters is 1. The second kappa shape index (κ2) is 7.57. The highest BCUT2D eigenvalue weighted by Gasteiger charge is 2.16. The van der Waals surface area contributed by atoms with Crippen LogP contribution in [0.5, 0.6) is 0 Å². The minimum atomic E-state index is -1.22. The molecule has 76 valence electrons. The monoisotopic (exact) mass is 209 g/mol. The van der Waals surface area contributed by atoms with Gasteiger partial charge in [0.25, 0.3) is 0 Å². The molecule has 0 saturated heterocycles. The van der Waals surface area contributed by atoms with E-state index < -0.39 is 18.0 Å². The molecular formula is C7H12ClNO4. The molecule has 3 N–H and O–H groups in total. The van der Waals surface area contributed by atoms with Gasteiger partial charge < -0.3 is 15.6 Å². The van der Waals surface area contributed by atoms with Crippen LogP contribution in [-0.4, -0.2) is 29.7 Å². The molecule has 0 aromatic carbocycles. The third-order valence-corrected chi connectivity index (χ3v) is 1.07. The molecule has 6 heteroatoms. The fraction of sp³-hybridized carbons (Fsp3) is 0.429. The van der Waals surface area contributed by atoms with Crippen LogP contribution >= 0.6 is 12.4 Å². The van der Waals surface area contributed by atoms with E-state index in [4.69, 9.17) is 10.8 Å². The number of carbonyl (C=O) groups excluding carboxylic acids is 1. The maximum absolute atomic E-state index is 10.7. The summed E-state index contributed by atoms with van der Waals surface area (Å²) in [6.07, 6.45) is 1.08. The predicted molar refractivity (Wildman–Crippen MR) is 48.6 cm³/mol. The summed E-state index contributed by atoms with van der Waals surface area (Å²) in [6.45, 7) is 3.40. The maximum Gasteiger partial charge on any atom is 0.321 e. The zero-order chi connectivity index (χ0) is 9.56. The Morgan fingerprint density at radius 2 is 2.15 bits per heavy atom. The van der Waals surface area contributed by atoms with E-state index in [0.717, 1.165) is 0 Å². The lowest BCUT2D eigenvalue weighted by molar-refractivity contribution is -0.148. The number of carboxylic acid groups (broad SMARTS) is 1. The summed E-state index contributed by atoms with van der Waals surface area (Å²) in [5, 5.41) is 8.30. The molecule has 1 atom stereocenters. The Balaban J connectivity index is 0. The van der Waals surface area contributed by atoms with Gasteiger partial charge in [0.05, 0.1) is 6.42 Å². The van der Waals surface area contributed by atoms with Crippen LogP contribution in [0, 0.1) is 0 Å². The van der Waals surface area contributed by atoms with Crippen molar-refractivity contribution >= 4 is 24.3 Å². The van der Waals surface area contributed by atoms with E-state index in [2.05, 4.69) is 11.3 Å². The number of aliphatic carboxylic acids is 1. The molecule has 0 radical (unpaired) electrons. The summed E-state index contributed by atoms with van der Waals surface area (Å²) in [6, 6.07) is -1.19. The van der Waals surface area contributed by atoms with Crippen molar-refractivity contribution < 1.29 is 19.4 Å². The van der Waals surface area contributed by atoms with Crippen LogP contribution < -0.4 is 5.73 Å². The number of nitrogens with two attached hydrogens (primary N) is 1. The molecule has 0 unspecified atom stereocenters. The van der Waals surface area contributed by atoms with Gasteiger partial charge in [0.2, 0.25) is 0 Å². The normalized spacial score (nSPS) is 10.8. The van der Waals surface area contributed by atoms with E-state index in [1.807, 2.05) is 0 Å². The van der Waals surface area contributed by atoms with Crippen LogP contribution in [-0.2, 0) is 14.3 Å². The smallest absolute Gasteiger partial charge is 0.321 e. The molecule has 0 bridgehead atoms. The molecule has 0 aliphatic carbocycles. The van der Waals surface area contributed by atoms with E-state index >= 15 is 0 Å². The average molecular weight is 210 g/mol. The highest BCUT2D eigenvalue weighted by Crippen LogP contribution is 1.92. The molecule has 0 fully saturated rings. The van der Waals surface area contributed by atoms with Crippen LogP contribution in [0.2, 0.25) is 0 Å². The van der Waals surface area contributed by atoms with E-state index in [1.54, 1.807) is 0 Å². The number of hydrogen-bond acceptors (Lipinski definition) is 4. The Morgan fingerprint density at radius 3 is 2.54 bits per heavy atom. The Morgan fingerprint density at radius 1 is 1.62 bits per heavy atom.